The first-order chi connectivity index (χ1) is 15.3. The van der Waals surface area contributed by atoms with E-state index in [1.165, 1.54) is 6.92 Å². The summed E-state index contributed by atoms with van der Waals surface area (Å²) < 4.78 is 7.24. The van der Waals surface area contributed by atoms with Gasteiger partial charge in [-0.05, 0) is 43.2 Å². The van der Waals surface area contributed by atoms with Gasteiger partial charge >= 0.3 is 5.97 Å². The predicted molar refractivity (Wildman–Crippen MR) is 126 cm³/mol. The maximum absolute atomic E-state index is 13.4. The summed E-state index contributed by atoms with van der Waals surface area (Å²) in [4.78, 5) is 29.7. The topological polar surface area (TPSA) is 73.2 Å². The average Bonchev–Trinajstić information content (AvgIpc) is 3.07. The van der Waals surface area contributed by atoms with Crippen LogP contribution in [0.1, 0.15) is 36.7 Å². The summed E-state index contributed by atoms with van der Waals surface area (Å²) in [5.41, 5.74) is 3.32. The monoisotopic (exact) mass is 471 g/mol. The zero-order valence-electron chi connectivity index (χ0n) is 18.0. The number of halogens is 2. The highest BCUT2D eigenvalue weighted by Gasteiger charge is 2.35. The Morgan fingerprint density at radius 3 is 2.69 bits per heavy atom. The van der Waals surface area contributed by atoms with Crippen LogP contribution in [0.3, 0.4) is 0 Å². The van der Waals surface area contributed by atoms with Gasteiger partial charge in [-0.1, -0.05) is 47.5 Å². The molecule has 3 aromatic rings. The summed E-state index contributed by atoms with van der Waals surface area (Å²) in [6, 6.07) is 12.6. The number of rotatable bonds is 5. The van der Waals surface area contributed by atoms with Crippen molar-refractivity contribution in [1.82, 2.24) is 9.55 Å². The van der Waals surface area contributed by atoms with Crippen LogP contribution >= 0.6 is 23.2 Å². The first-order valence-corrected chi connectivity index (χ1v) is 11.1. The largest absolute Gasteiger partial charge is 0.460 e. The van der Waals surface area contributed by atoms with Crippen molar-refractivity contribution < 1.29 is 9.53 Å². The van der Waals surface area contributed by atoms with Gasteiger partial charge in [0.2, 0.25) is 0 Å². The maximum atomic E-state index is 13.4. The third kappa shape index (κ3) is 4.12. The minimum absolute atomic E-state index is 0.264. The van der Waals surface area contributed by atoms with Gasteiger partial charge in [-0.15, -0.1) is 0 Å². The average molecular weight is 472 g/mol. The number of fused-ring (bicyclic) bond motifs is 1. The Morgan fingerprint density at radius 2 is 2.00 bits per heavy atom. The molecule has 166 valence electrons. The summed E-state index contributed by atoms with van der Waals surface area (Å²) in [7, 11) is 0. The molecule has 0 amide bonds. The molecule has 1 aliphatic carbocycles. The lowest BCUT2D eigenvalue weighted by atomic mass is 10.1. The van der Waals surface area contributed by atoms with Gasteiger partial charge in [-0.25, -0.2) is 4.98 Å². The number of nitrogens with zero attached hydrogens (tertiary/aromatic N) is 2. The summed E-state index contributed by atoms with van der Waals surface area (Å²) in [6.07, 6.45) is 0.226. The van der Waals surface area contributed by atoms with E-state index in [4.69, 9.17) is 27.9 Å². The predicted octanol–water partition coefficient (Wildman–Crippen LogP) is 5.19. The number of carbonyl (C=O) groups is 1. The molecule has 0 aliphatic heterocycles. The number of aromatic nitrogens is 2. The van der Waals surface area contributed by atoms with Crippen LogP contribution in [0.2, 0.25) is 10.0 Å². The third-order valence-electron chi connectivity index (χ3n) is 5.63. The molecule has 8 heteroatoms. The van der Waals surface area contributed by atoms with Crippen LogP contribution in [0.25, 0.3) is 11.3 Å². The van der Waals surface area contributed by atoms with E-state index in [0.29, 0.717) is 40.1 Å². The highest BCUT2D eigenvalue weighted by atomic mass is 35.5. The lowest BCUT2D eigenvalue weighted by molar-refractivity contribution is -0.146. The van der Waals surface area contributed by atoms with Gasteiger partial charge in [0.25, 0.3) is 5.56 Å². The van der Waals surface area contributed by atoms with Crippen molar-refractivity contribution >= 4 is 35.0 Å². The van der Waals surface area contributed by atoms with Gasteiger partial charge in [0.05, 0.1) is 16.8 Å². The van der Waals surface area contributed by atoms with Crippen LogP contribution < -0.4 is 10.9 Å². The highest BCUT2D eigenvalue weighted by molar-refractivity contribution is 6.36. The van der Waals surface area contributed by atoms with Crippen LogP contribution in [-0.2, 0) is 22.5 Å². The molecule has 0 spiro atoms. The van der Waals surface area contributed by atoms with Gasteiger partial charge in [0.1, 0.15) is 17.6 Å². The first kappa shape index (κ1) is 22.4. The van der Waals surface area contributed by atoms with Crippen LogP contribution in [0.4, 0.5) is 5.82 Å². The van der Waals surface area contributed by atoms with E-state index in [1.54, 1.807) is 22.8 Å². The van der Waals surface area contributed by atoms with Crippen molar-refractivity contribution in [1.29, 1.82) is 0 Å². The van der Waals surface area contributed by atoms with Gasteiger partial charge < -0.3 is 10.1 Å². The van der Waals surface area contributed by atoms with E-state index < -0.39 is 0 Å². The van der Waals surface area contributed by atoms with Crippen LogP contribution in [0.15, 0.2) is 47.3 Å². The van der Waals surface area contributed by atoms with Gasteiger partial charge in [-0.3, -0.25) is 14.2 Å². The zero-order valence-corrected chi connectivity index (χ0v) is 19.5. The zero-order chi connectivity index (χ0) is 23.0. The minimum Gasteiger partial charge on any atom is -0.460 e. The fraction of sp³-hybridized carbons (Fsp3) is 0.292. The molecule has 2 atom stereocenters. The molecule has 0 saturated carbocycles. The first-order valence-electron chi connectivity index (χ1n) is 10.4. The number of ether oxygens (including phenoxy) is 1. The Balaban J connectivity index is 1.79. The van der Waals surface area contributed by atoms with Gasteiger partial charge in [0.15, 0.2) is 0 Å². The van der Waals surface area contributed by atoms with E-state index in [2.05, 4.69) is 10.3 Å². The second-order valence-electron chi connectivity index (χ2n) is 7.74. The number of hydrogen-bond donors (Lipinski definition) is 1. The van der Waals surface area contributed by atoms with E-state index >= 15 is 0 Å². The highest BCUT2D eigenvalue weighted by Crippen LogP contribution is 2.37. The van der Waals surface area contributed by atoms with Crippen LogP contribution in [0, 0.1) is 6.92 Å². The van der Waals surface area contributed by atoms with Gasteiger partial charge in [0, 0.05) is 30.5 Å². The second-order valence-corrected chi connectivity index (χ2v) is 8.58. The summed E-state index contributed by atoms with van der Waals surface area (Å²) in [6.45, 7) is 5.56. The summed E-state index contributed by atoms with van der Waals surface area (Å²) >= 11 is 12.4. The molecule has 0 radical (unpaired) electrons. The molecule has 2 aromatic carbocycles. The standard InChI is InChI=1S/C24H23Cl2N3O3/c1-4-29-23(13(2)27-22(24(29)31)18-10-9-16(25)12-19(18)26)28-21-17-8-6-5-7-15(17)11-20(21)32-14(3)30/h5-10,12,20-21,28H,4,11H2,1-3H3. The van der Waals surface area contributed by atoms with Crippen LogP contribution in [-0.4, -0.2) is 21.6 Å². The molecular formula is C24H23Cl2N3O3. The van der Waals surface area contributed by atoms with Crippen LogP contribution in [0.5, 0.6) is 0 Å². The lowest BCUT2D eigenvalue weighted by Crippen LogP contribution is -2.32. The SMILES string of the molecule is CCn1c(NC2c3ccccc3CC2OC(C)=O)c(C)nc(-c2ccc(Cl)cc2Cl)c1=O. The maximum Gasteiger partial charge on any atom is 0.302 e. The molecule has 4 rings (SSSR count). The molecule has 6 nitrogen and oxygen atoms in total. The number of anilines is 1. The number of hydrogen-bond acceptors (Lipinski definition) is 5. The van der Waals surface area contributed by atoms with Crippen molar-refractivity contribution in [2.45, 2.75) is 45.9 Å². The quantitative estimate of drug-likeness (QED) is 0.518. The Hall–Kier alpha value is -2.83. The van der Waals surface area contributed by atoms with Gasteiger partial charge in [-0.2, -0.15) is 0 Å². The summed E-state index contributed by atoms with van der Waals surface area (Å²) in [5, 5.41) is 4.31. The van der Waals surface area contributed by atoms with Crippen molar-refractivity contribution in [3.63, 3.8) is 0 Å². The Bertz CT molecular complexity index is 1260. The van der Waals surface area contributed by atoms with E-state index in [-0.39, 0.29) is 29.4 Å². The molecule has 0 fully saturated rings. The molecule has 1 aliphatic rings. The summed E-state index contributed by atoms with van der Waals surface area (Å²) in [5.74, 6) is 0.246. The Morgan fingerprint density at radius 1 is 1.25 bits per heavy atom. The molecule has 0 saturated heterocycles. The fourth-order valence-corrected chi connectivity index (χ4v) is 4.73. The van der Waals surface area contributed by atoms with Crippen molar-refractivity contribution in [2.24, 2.45) is 0 Å². The van der Waals surface area contributed by atoms with Crippen molar-refractivity contribution in [2.75, 3.05) is 5.32 Å². The fourth-order valence-electron chi connectivity index (χ4n) is 4.23. The van der Waals surface area contributed by atoms with Crippen molar-refractivity contribution in [3.8, 4) is 11.3 Å². The molecule has 32 heavy (non-hydrogen) atoms. The Labute approximate surface area is 196 Å². The molecule has 1 heterocycles. The molecule has 1 N–H and O–H groups in total. The van der Waals surface area contributed by atoms with E-state index in [0.717, 1.165) is 11.1 Å². The molecule has 1 aromatic heterocycles. The normalized spacial score (nSPS) is 17.2. The number of carbonyl (C=O) groups excluding carboxylic acids is 1. The second kappa shape index (κ2) is 8.96. The third-order valence-corrected chi connectivity index (χ3v) is 6.18. The number of aryl methyl sites for hydroxylation is 1. The number of esters is 1. The smallest absolute Gasteiger partial charge is 0.302 e. The van der Waals surface area contributed by atoms with E-state index in [9.17, 15) is 9.59 Å². The number of nitrogens with one attached hydrogen (secondary N) is 1. The lowest BCUT2D eigenvalue weighted by Gasteiger charge is -2.25. The van der Waals surface area contributed by atoms with Crippen molar-refractivity contribution in [3.05, 3.63) is 79.7 Å². The molecule has 2 unspecified atom stereocenters. The minimum atomic E-state index is -0.380. The number of benzene rings is 2. The molecular weight excluding hydrogens is 449 g/mol. The molecule has 0 bridgehead atoms. The Kier molecular flexibility index (Phi) is 6.26. The van der Waals surface area contributed by atoms with E-state index in [1.807, 2.05) is 38.1 Å².